The highest BCUT2D eigenvalue weighted by Crippen LogP contribution is 2.49. The third kappa shape index (κ3) is 2.81. The minimum Gasteiger partial charge on any atom is -0.496 e. The summed E-state index contributed by atoms with van der Waals surface area (Å²) in [4.78, 5) is 15.8. The number of ether oxygens (including phenoxy) is 1. The van der Waals surface area contributed by atoms with E-state index in [1.807, 2.05) is 19.1 Å². The molecule has 0 unspecified atom stereocenters. The molecule has 0 radical (unpaired) electrons. The maximum atomic E-state index is 12.5. The van der Waals surface area contributed by atoms with Gasteiger partial charge in [0.1, 0.15) is 5.75 Å². The molecule has 24 heavy (non-hydrogen) atoms. The summed E-state index contributed by atoms with van der Waals surface area (Å²) in [5.74, 6) is -1.41. The van der Waals surface area contributed by atoms with Crippen LogP contribution in [-0.2, 0) is 16.4 Å². The van der Waals surface area contributed by atoms with Crippen molar-refractivity contribution in [2.24, 2.45) is 0 Å². The van der Waals surface area contributed by atoms with E-state index in [9.17, 15) is 18.0 Å². The highest BCUT2D eigenvalue weighted by atomic mass is 19.4. The van der Waals surface area contributed by atoms with E-state index in [1.165, 1.54) is 7.11 Å². The summed E-state index contributed by atoms with van der Waals surface area (Å²) in [5, 5.41) is 7.51. The fraction of sp³-hybridized carbons (Fsp3) is 0.400. The number of hydrogen-bond donors (Lipinski definition) is 2. The number of aromatic amines is 1. The number of aromatic nitrogens is 3. The molecule has 6 nitrogen and oxygen atoms in total. The van der Waals surface area contributed by atoms with E-state index < -0.39 is 29.3 Å². The first-order valence-electron chi connectivity index (χ1n) is 7.22. The minimum absolute atomic E-state index is 0.391. The standard InChI is InChI=1S/C15H15F3N4O2/c1-8-3-4-9(7-10(8)24-2)14(5-6-14)12(23)20-13-19-11(21-22-13)15(16,17)18/h3-4,7H,5-6H2,1-2H3,(H2,19,20,21,22,23). The first-order chi connectivity index (χ1) is 11.3. The van der Waals surface area contributed by atoms with E-state index >= 15 is 0 Å². The van der Waals surface area contributed by atoms with Crippen molar-refractivity contribution in [3.05, 3.63) is 35.2 Å². The van der Waals surface area contributed by atoms with Gasteiger partial charge in [-0.1, -0.05) is 12.1 Å². The second-order valence-electron chi connectivity index (χ2n) is 5.73. The van der Waals surface area contributed by atoms with Gasteiger partial charge in [0.05, 0.1) is 12.5 Å². The Labute approximate surface area is 135 Å². The van der Waals surface area contributed by atoms with Gasteiger partial charge in [-0.05, 0) is 37.0 Å². The van der Waals surface area contributed by atoms with Crippen LogP contribution in [0, 0.1) is 6.92 Å². The summed E-state index contributed by atoms with van der Waals surface area (Å²) in [6.07, 6.45) is -3.44. The van der Waals surface area contributed by atoms with Gasteiger partial charge < -0.3 is 4.74 Å². The summed E-state index contributed by atoms with van der Waals surface area (Å²) in [6.45, 7) is 1.88. The molecule has 1 aromatic carbocycles. The molecule has 1 aliphatic carbocycles. The maximum Gasteiger partial charge on any atom is 0.451 e. The van der Waals surface area contributed by atoms with Crippen molar-refractivity contribution in [1.29, 1.82) is 0 Å². The van der Waals surface area contributed by atoms with E-state index in [-0.39, 0.29) is 0 Å². The Balaban J connectivity index is 1.81. The Kier molecular flexibility index (Phi) is 3.73. The largest absolute Gasteiger partial charge is 0.496 e. The van der Waals surface area contributed by atoms with Gasteiger partial charge in [0.15, 0.2) is 0 Å². The van der Waals surface area contributed by atoms with Gasteiger partial charge in [-0.15, -0.1) is 5.10 Å². The topological polar surface area (TPSA) is 79.9 Å². The average Bonchev–Trinajstić information content (AvgIpc) is 3.20. The number of methoxy groups -OCH3 is 1. The minimum atomic E-state index is -4.64. The van der Waals surface area contributed by atoms with E-state index in [4.69, 9.17) is 4.74 Å². The Morgan fingerprint density at radius 1 is 1.38 bits per heavy atom. The number of carbonyl (C=O) groups is 1. The van der Waals surface area contributed by atoms with Crippen LogP contribution in [-0.4, -0.2) is 28.2 Å². The summed E-state index contributed by atoms with van der Waals surface area (Å²) < 4.78 is 42.8. The van der Waals surface area contributed by atoms with Crippen molar-refractivity contribution < 1.29 is 22.7 Å². The molecule has 3 rings (SSSR count). The Morgan fingerprint density at radius 2 is 2.08 bits per heavy atom. The van der Waals surface area contributed by atoms with Gasteiger partial charge in [-0.3, -0.25) is 15.2 Å². The molecule has 0 bridgehead atoms. The van der Waals surface area contributed by atoms with Gasteiger partial charge in [0, 0.05) is 0 Å². The monoisotopic (exact) mass is 340 g/mol. The second kappa shape index (κ2) is 5.50. The number of halogens is 3. The molecule has 0 saturated heterocycles. The van der Waals surface area contributed by atoms with Crippen LogP contribution in [0.3, 0.4) is 0 Å². The Bertz CT molecular complexity index is 781. The molecule has 1 saturated carbocycles. The molecule has 1 heterocycles. The van der Waals surface area contributed by atoms with Crippen molar-refractivity contribution in [3.63, 3.8) is 0 Å². The number of H-pyrrole nitrogens is 1. The first-order valence-corrected chi connectivity index (χ1v) is 7.22. The van der Waals surface area contributed by atoms with Crippen molar-refractivity contribution in [3.8, 4) is 5.75 Å². The number of benzene rings is 1. The van der Waals surface area contributed by atoms with Crippen LogP contribution in [0.2, 0.25) is 0 Å². The van der Waals surface area contributed by atoms with Crippen LogP contribution in [0.1, 0.15) is 29.8 Å². The van der Waals surface area contributed by atoms with Crippen molar-refractivity contribution in [1.82, 2.24) is 15.2 Å². The molecule has 1 amide bonds. The van der Waals surface area contributed by atoms with Crippen molar-refractivity contribution in [2.45, 2.75) is 31.4 Å². The smallest absolute Gasteiger partial charge is 0.451 e. The number of aryl methyl sites for hydroxylation is 1. The predicted molar refractivity (Wildman–Crippen MR) is 78.7 cm³/mol. The van der Waals surface area contributed by atoms with Crippen LogP contribution < -0.4 is 10.1 Å². The molecule has 2 N–H and O–H groups in total. The van der Waals surface area contributed by atoms with E-state index in [2.05, 4.69) is 15.4 Å². The zero-order chi connectivity index (χ0) is 17.5. The van der Waals surface area contributed by atoms with Gasteiger partial charge in [0.25, 0.3) is 0 Å². The molecule has 1 fully saturated rings. The number of anilines is 1. The van der Waals surface area contributed by atoms with Gasteiger partial charge in [0.2, 0.25) is 17.7 Å². The number of amides is 1. The third-order valence-corrected chi connectivity index (χ3v) is 4.12. The first kappa shape index (κ1) is 16.3. The summed E-state index contributed by atoms with van der Waals surface area (Å²) in [7, 11) is 1.54. The predicted octanol–water partition coefficient (Wildman–Crippen LogP) is 2.81. The third-order valence-electron chi connectivity index (χ3n) is 4.12. The number of hydrogen-bond acceptors (Lipinski definition) is 4. The number of rotatable bonds is 4. The SMILES string of the molecule is COc1cc(C2(C(=O)Nc3n[nH]c(C(F)(F)F)n3)CC2)ccc1C. The second-order valence-corrected chi connectivity index (χ2v) is 5.73. The Morgan fingerprint density at radius 3 is 2.62 bits per heavy atom. The Hall–Kier alpha value is -2.58. The lowest BCUT2D eigenvalue weighted by atomic mass is 9.93. The molecule has 128 valence electrons. The fourth-order valence-electron chi connectivity index (χ4n) is 2.56. The number of carbonyl (C=O) groups excluding carboxylic acids is 1. The molecule has 1 aromatic heterocycles. The molecule has 1 aliphatic rings. The van der Waals surface area contributed by atoms with Crippen LogP contribution in [0.4, 0.5) is 19.1 Å². The molecule has 0 atom stereocenters. The van der Waals surface area contributed by atoms with Crippen LogP contribution in [0.5, 0.6) is 5.75 Å². The molecule has 0 spiro atoms. The van der Waals surface area contributed by atoms with Crippen LogP contribution in [0.15, 0.2) is 18.2 Å². The van der Waals surface area contributed by atoms with Crippen molar-refractivity contribution in [2.75, 3.05) is 12.4 Å². The molecular formula is C15H15F3N4O2. The number of alkyl halides is 3. The summed E-state index contributed by atoms with van der Waals surface area (Å²) in [5.41, 5.74) is 0.912. The lowest BCUT2D eigenvalue weighted by Gasteiger charge is -2.16. The molecule has 9 heteroatoms. The highest BCUT2D eigenvalue weighted by Gasteiger charge is 2.52. The van der Waals surface area contributed by atoms with Gasteiger partial charge >= 0.3 is 6.18 Å². The van der Waals surface area contributed by atoms with Crippen LogP contribution in [0.25, 0.3) is 0 Å². The molecule has 2 aromatic rings. The quantitative estimate of drug-likeness (QED) is 0.897. The average molecular weight is 340 g/mol. The van der Waals surface area contributed by atoms with E-state index in [1.54, 1.807) is 11.2 Å². The number of nitrogens with one attached hydrogen (secondary N) is 2. The zero-order valence-electron chi connectivity index (χ0n) is 13.0. The normalized spacial score (nSPS) is 15.9. The highest BCUT2D eigenvalue weighted by molar-refractivity contribution is 6.00. The van der Waals surface area contributed by atoms with E-state index in [0.717, 1.165) is 11.1 Å². The maximum absolute atomic E-state index is 12.5. The molecular weight excluding hydrogens is 325 g/mol. The van der Waals surface area contributed by atoms with Crippen LogP contribution >= 0.6 is 0 Å². The fourth-order valence-corrected chi connectivity index (χ4v) is 2.56. The summed E-state index contributed by atoms with van der Waals surface area (Å²) in [6, 6.07) is 5.45. The van der Waals surface area contributed by atoms with Gasteiger partial charge in [-0.2, -0.15) is 18.2 Å². The number of nitrogens with zero attached hydrogens (tertiary/aromatic N) is 2. The van der Waals surface area contributed by atoms with Crippen molar-refractivity contribution >= 4 is 11.9 Å². The molecule has 0 aliphatic heterocycles. The van der Waals surface area contributed by atoms with Gasteiger partial charge in [-0.25, -0.2) is 0 Å². The van der Waals surface area contributed by atoms with E-state index in [0.29, 0.717) is 18.6 Å². The summed E-state index contributed by atoms with van der Waals surface area (Å²) >= 11 is 0. The lowest BCUT2D eigenvalue weighted by Crippen LogP contribution is -2.28. The zero-order valence-corrected chi connectivity index (χ0v) is 13.0. The lowest BCUT2D eigenvalue weighted by molar-refractivity contribution is -0.144.